The van der Waals surface area contributed by atoms with E-state index in [1.165, 1.54) is 0 Å². The van der Waals surface area contributed by atoms with Crippen LogP contribution in [0.4, 0.5) is 11.5 Å². The van der Waals surface area contributed by atoms with Crippen molar-refractivity contribution in [1.29, 1.82) is 0 Å². The number of nitrogens with one attached hydrogen (secondary N) is 2. The van der Waals surface area contributed by atoms with Gasteiger partial charge in [0.2, 0.25) is 0 Å². The van der Waals surface area contributed by atoms with E-state index in [-0.39, 0.29) is 5.91 Å². The third kappa shape index (κ3) is 5.24. The summed E-state index contributed by atoms with van der Waals surface area (Å²) in [5.74, 6) is 1.57. The molecule has 3 rings (SSSR count). The average Bonchev–Trinajstić information content (AvgIpc) is 2.68. The Morgan fingerprint density at radius 2 is 1.96 bits per heavy atom. The van der Waals surface area contributed by atoms with Crippen LogP contribution in [0.1, 0.15) is 28.8 Å². The molecule has 0 saturated carbocycles. The number of aryl methyl sites for hydroxylation is 1. The molecule has 138 valence electrons. The second-order valence-electron chi connectivity index (χ2n) is 5.81. The summed E-state index contributed by atoms with van der Waals surface area (Å²) in [7, 11) is 0. The lowest BCUT2D eigenvalue weighted by atomic mass is 10.2. The average molecular weight is 363 g/mol. The first kappa shape index (κ1) is 18.3. The van der Waals surface area contributed by atoms with E-state index in [1.807, 2.05) is 31.2 Å². The van der Waals surface area contributed by atoms with Gasteiger partial charge in [0.05, 0.1) is 6.61 Å². The van der Waals surface area contributed by atoms with Gasteiger partial charge < -0.3 is 15.4 Å². The third-order valence-corrected chi connectivity index (χ3v) is 3.69. The Bertz CT molecular complexity index is 898. The first-order chi connectivity index (χ1) is 13.1. The van der Waals surface area contributed by atoms with Crippen molar-refractivity contribution < 1.29 is 9.53 Å². The number of hydrogen-bond acceptors (Lipinski definition) is 6. The molecule has 27 heavy (non-hydrogen) atoms. The monoisotopic (exact) mass is 363 g/mol. The van der Waals surface area contributed by atoms with Gasteiger partial charge in [0.15, 0.2) is 0 Å². The zero-order valence-electron chi connectivity index (χ0n) is 15.3. The number of rotatable bonds is 7. The van der Waals surface area contributed by atoms with Gasteiger partial charge in [-0.2, -0.15) is 0 Å². The summed E-state index contributed by atoms with van der Waals surface area (Å²) in [4.78, 5) is 25.2. The normalized spacial score (nSPS) is 10.3. The van der Waals surface area contributed by atoms with Crippen LogP contribution < -0.4 is 15.4 Å². The first-order valence-electron chi connectivity index (χ1n) is 8.66. The number of aromatic nitrogens is 3. The van der Waals surface area contributed by atoms with Gasteiger partial charge in [-0.05, 0) is 49.7 Å². The maximum Gasteiger partial charge on any atom is 0.274 e. The summed E-state index contributed by atoms with van der Waals surface area (Å²) >= 11 is 0. The van der Waals surface area contributed by atoms with E-state index in [4.69, 9.17) is 4.74 Å². The number of benzene rings is 1. The smallest absolute Gasteiger partial charge is 0.274 e. The van der Waals surface area contributed by atoms with Crippen molar-refractivity contribution in [1.82, 2.24) is 15.0 Å². The molecule has 3 aromatic rings. The van der Waals surface area contributed by atoms with Crippen LogP contribution >= 0.6 is 0 Å². The molecular weight excluding hydrogens is 342 g/mol. The summed E-state index contributed by atoms with van der Waals surface area (Å²) in [6.07, 6.45) is 3.50. The molecule has 0 bridgehead atoms. The Kier molecular flexibility index (Phi) is 5.94. The van der Waals surface area contributed by atoms with Gasteiger partial charge in [-0.15, -0.1) is 0 Å². The summed E-state index contributed by atoms with van der Waals surface area (Å²) in [5.41, 5.74) is 1.99. The van der Waals surface area contributed by atoms with E-state index in [2.05, 4.69) is 25.6 Å². The number of pyridine rings is 1. The van der Waals surface area contributed by atoms with Crippen LogP contribution in [0.5, 0.6) is 5.75 Å². The molecule has 0 aliphatic carbocycles. The number of ether oxygens (including phenoxy) is 1. The Morgan fingerprint density at radius 3 is 2.67 bits per heavy atom. The largest absolute Gasteiger partial charge is 0.494 e. The predicted molar refractivity (Wildman–Crippen MR) is 104 cm³/mol. The van der Waals surface area contributed by atoms with E-state index in [0.29, 0.717) is 36.2 Å². The molecule has 0 fully saturated rings. The molecule has 0 atom stereocenters. The van der Waals surface area contributed by atoms with Crippen molar-refractivity contribution in [2.45, 2.75) is 20.4 Å². The van der Waals surface area contributed by atoms with E-state index >= 15 is 0 Å². The van der Waals surface area contributed by atoms with Crippen molar-refractivity contribution in [2.24, 2.45) is 0 Å². The van der Waals surface area contributed by atoms with Gasteiger partial charge in [0, 0.05) is 30.7 Å². The van der Waals surface area contributed by atoms with Crippen molar-refractivity contribution >= 4 is 17.4 Å². The van der Waals surface area contributed by atoms with Gasteiger partial charge in [0.25, 0.3) is 5.91 Å². The summed E-state index contributed by atoms with van der Waals surface area (Å²) in [6.45, 7) is 4.83. The van der Waals surface area contributed by atoms with Crippen molar-refractivity contribution in [2.75, 3.05) is 17.2 Å². The van der Waals surface area contributed by atoms with E-state index in [0.717, 1.165) is 11.3 Å². The van der Waals surface area contributed by atoms with Crippen LogP contribution in [-0.2, 0) is 6.54 Å². The fourth-order valence-corrected chi connectivity index (χ4v) is 2.47. The minimum atomic E-state index is -0.297. The highest BCUT2D eigenvalue weighted by Crippen LogP contribution is 2.17. The van der Waals surface area contributed by atoms with Crippen molar-refractivity contribution in [3.63, 3.8) is 0 Å². The molecule has 0 unspecified atom stereocenters. The topological polar surface area (TPSA) is 89.0 Å². The molecule has 0 saturated heterocycles. The van der Waals surface area contributed by atoms with Gasteiger partial charge in [-0.25, -0.2) is 9.97 Å². The van der Waals surface area contributed by atoms with E-state index < -0.39 is 0 Å². The second kappa shape index (κ2) is 8.75. The summed E-state index contributed by atoms with van der Waals surface area (Å²) < 4.78 is 5.40. The third-order valence-electron chi connectivity index (χ3n) is 3.69. The number of hydrogen-bond donors (Lipinski definition) is 2. The molecule has 0 radical (unpaired) electrons. The minimum Gasteiger partial charge on any atom is -0.494 e. The number of anilines is 2. The Hall–Kier alpha value is -3.48. The molecule has 0 aliphatic rings. The lowest BCUT2D eigenvalue weighted by molar-refractivity contribution is 0.102. The highest BCUT2D eigenvalue weighted by molar-refractivity contribution is 6.03. The van der Waals surface area contributed by atoms with Crippen LogP contribution in [0.3, 0.4) is 0 Å². The van der Waals surface area contributed by atoms with Crippen LogP contribution in [-0.4, -0.2) is 27.5 Å². The minimum absolute atomic E-state index is 0.296. The molecule has 1 amide bonds. The molecule has 0 spiro atoms. The maximum absolute atomic E-state index is 12.5. The first-order valence-corrected chi connectivity index (χ1v) is 8.66. The molecular formula is C20H21N5O2. The lowest BCUT2D eigenvalue weighted by Crippen LogP contribution is -2.15. The second-order valence-corrected chi connectivity index (χ2v) is 5.81. The van der Waals surface area contributed by atoms with E-state index in [9.17, 15) is 4.79 Å². The molecule has 7 nitrogen and oxygen atoms in total. The van der Waals surface area contributed by atoms with Crippen LogP contribution in [0.15, 0.2) is 54.9 Å². The van der Waals surface area contributed by atoms with Crippen LogP contribution in [0.2, 0.25) is 0 Å². The van der Waals surface area contributed by atoms with Gasteiger partial charge in [-0.1, -0.05) is 6.07 Å². The quantitative estimate of drug-likeness (QED) is 0.668. The van der Waals surface area contributed by atoms with Crippen LogP contribution in [0.25, 0.3) is 0 Å². The Labute approximate surface area is 157 Å². The molecule has 1 aromatic carbocycles. The number of amides is 1. The highest BCUT2D eigenvalue weighted by Gasteiger charge is 2.11. The van der Waals surface area contributed by atoms with Crippen molar-refractivity contribution in [3.8, 4) is 5.75 Å². The van der Waals surface area contributed by atoms with Gasteiger partial charge >= 0.3 is 0 Å². The Morgan fingerprint density at radius 1 is 1.15 bits per heavy atom. The summed E-state index contributed by atoms with van der Waals surface area (Å²) in [5, 5.41) is 6.03. The lowest BCUT2D eigenvalue weighted by Gasteiger charge is -2.10. The highest BCUT2D eigenvalue weighted by atomic mass is 16.5. The number of nitrogens with zero attached hydrogens (tertiary/aromatic N) is 3. The maximum atomic E-state index is 12.5. The molecule has 0 aliphatic heterocycles. The standard InChI is InChI=1S/C20H21N5O2/c1-3-27-17-8-6-16(7-9-17)25-20(26)18-11-19(24-14(2)23-18)22-13-15-5-4-10-21-12-15/h4-12H,3,13H2,1-2H3,(H,25,26)(H,22,23,24). The van der Waals surface area contributed by atoms with E-state index in [1.54, 1.807) is 37.5 Å². The van der Waals surface area contributed by atoms with Crippen LogP contribution in [0, 0.1) is 6.92 Å². The molecule has 2 N–H and O–H groups in total. The SMILES string of the molecule is CCOc1ccc(NC(=O)c2cc(NCc3cccnc3)nc(C)n2)cc1. The number of carbonyl (C=O) groups excluding carboxylic acids is 1. The Balaban J connectivity index is 1.68. The van der Waals surface area contributed by atoms with Gasteiger partial charge in [-0.3, -0.25) is 9.78 Å². The zero-order valence-corrected chi connectivity index (χ0v) is 15.3. The fraction of sp³-hybridized carbons (Fsp3) is 0.200. The molecule has 7 heteroatoms. The number of carbonyl (C=O) groups is 1. The van der Waals surface area contributed by atoms with Gasteiger partial charge in [0.1, 0.15) is 23.1 Å². The van der Waals surface area contributed by atoms with Crippen molar-refractivity contribution in [3.05, 3.63) is 71.9 Å². The predicted octanol–water partition coefficient (Wildman–Crippen LogP) is 3.44. The summed E-state index contributed by atoms with van der Waals surface area (Å²) in [6, 6.07) is 12.7. The fourth-order valence-electron chi connectivity index (χ4n) is 2.47. The molecule has 2 aromatic heterocycles. The molecule has 2 heterocycles. The zero-order chi connectivity index (χ0) is 19.1.